The summed E-state index contributed by atoms with van der Waals surface area (Å²) < 4.78 is 5.11. The topological polar surface area (TPSA) is 73.1 Å². The summed E-state index contributed by atoms with van der Waals surface area (Å²) >= 11 is 0. The molecule has 0 spiro atoms. The molecule has 0 fully saturated rings. The van der Waals surface area contributed by atoms with E-state index >= 15 is 0 Å². The number of nitrogens with zero attached hydrogens (tertiary/aromatic N) is 2. The fourth-order valence-corrected chi connectivity index (χ4v) is 1.67. The van der Waals surface area contributed by atoms with Gasteiger partial charge in [0.15, 0.2) is 0 Å². The Morgan fingerprint density at radius 2 is 2.24 bits per heavy atom. The van der Waals surface area contributed by atoms with Gasteiger partial charge in [0.1, 0.15) is 11.6 Å². The van der Waals surface area contributed by atoms with Gasteiger partial charge in [-0.3, -0.25) is 0 Å². The molecule has 1 unspecified atom stereocenters. The van der Waals surface area contributed by atoms with Gasteiger partial charge in [0.05, 0.1) is 7.11 Å². The van der Waals surface area contributed by atoms with E-state index < -0.39 is 0 Å². The first-order chi connectivity index (χ1) is 8.19. The van der Waals surface area contributed by atoms with E-state index in [0.29, 0.717) is 17.6 Å². The zero-order valence-electron chi connectivity index (χ0n) is 10.9. The molecule has 1 rings (SSSR count). The third kappa shape index (κ3) is 4.56. The molecule has 1 aromatic heterocycles. The van der Waals surface area contributed by atoms with Crippen molar-refractivity contribution in [3.8, 4) is 5.88 Å². The highest BCUT2D eigenvalue weighted by Crippen LogP contribution is 2.14. The minimum Gasteiger partial charge on any atom is -0.481 e. The van der Waals surface area contributed by atoms with Crippen LogP contribution in [0.15, 0.2) is 6.07 Å². The molecule has 0 aliphatic heterocycles. The Kier molecular flexibility index (Phi) is 5.69. The predicted molar refractivity (Wildman–Crippen MR) is 69.3 cm³/mol. The Labute approximate surface area is 103 Å². The van der Waals surface area contributed by atoms with Crippen molar-refractivity contribution < 1.29 is 4.74 Å². The summed E-state index contributed by atoms with van der Waals surface area (Å²) in [6.07, 6.45) is 2.15. The summed E-state index contributed by atoms with van der Waals surface area (Å²) in [5, 5.41) is 3.31. The summed E-state index contributed by atoms with van der Waals surface area (Å²) in [4.78, 5) is 8.46. The van der Waals surface area contributed by atoms with Gasteiger partial charge >= 0.3 is 0 Å². The highest BCUT2D eigenvalue weighted by atomic mass is 16.5. The number of ether oxygens (including phenoxy) is 1. The molecular weight excluding hydrogens is 216 g/mol. The van der Waals surface area contributed by atoms with Gasteiger partial charge in [-0.2, -0.15) is 4.98 Å². The summed E-state index contributed by atoms with van der Waals surface area (Å²) in [5.74, 6) is 2.69. The molecule has 3 N–H and O–H groups in total. The number of methoxy groups -OCH3 is 1. The monoisotopic (exact) mass is 238 g/mol. The van der Waals surface area contributed by atoms with Crippen molar-refractivity contribution in [2.75, 3.05) is 25.5 Å². The number of aromatic nitrogens is 2. The van der Waals surface area contributed by atoms with Gasteiger partial charge < -0.3 is 15.8 Å². The van der Waals surface area contributed by atoms with E-state index in [4.69, 9.17) is 10.5 Å². The number of nitrogens with one attached hydrogen (secondary N) is 1. The van der Waals surface area contributed by atoms with Crippen molar-refractivity contribution in [3.63, 3.8) is 0 Å². The fraction of sp³-hybridized carbons (Fsp3) is 0.667. The number of hydrogen-bond donors (Lipinski definition) is 2. The van der Waals surface area contributed by atoms with Crippen LogP contribution in [0.1, 0.15) is 25.6 Å². The fourth-order valence-electron chi connectivity index (χ4n) is 1.67. The van der Waals surface area contributed by atoms with Gasteiger partial charge in [-0.1, -0.05) is 13.3 Å². The molecule has 1 atom stereocenters. The smallest absolute Gasteiger partial charge is 0.218 e. The van der Waals surface area contributed by atoms with Crippen LogP contribution >= 0.6 is 0 Å². The largest absolute Gasteiger partial charge is 0.481 e. The molecule has 0 amide bonds. The minimum absolute atomic E-state index is 0.585. The van der Waals surface area contributed by atoms with Crippen molar-refractivity contribution in [2.45, 2.75) is 26.7 Å². The zero-order valence-corrected chi connectivity index (χ0v) is 10.9. The van der Waals surface area contributed by atoms with Gasteiger partial charge in [-0.05, 0) is 25.8 Å². The first-order valence-corrected chi connectivity index (χ1v) is 6.03. The molecule has 0 aromatic carbocycles. The molecule has 96 valence electrons. The molecular formula is C12H22N4O. The summed E-state index contributed by atoms with van der Waals surface area (Å²) in [7, 11) is 1.61. The second-order valence-corrected chi connectivity index (χ2v) is 4.08. The van der Waals surface area contributed by atoms with Gasteiger partial charge in [0.2, 0.25) is 5.88 Å². The number of aryl methyl sites for hydroxylation is 1. The maximum Gasteiger partial charge on any atom is 0.218 e. The second-order valence-electron chi connectivity index (χ2n) is 4.08. The Morgan fingerprint density at radius 1 is 1.47 bits per heavy atom. The van der Waals surface area contributed by atoms with Crippen LogP contribution in [0.4, 0.5) is 5.82 Å². The Bertz CT molecular complexity index is 343. The number of rotatable bonds is 7. The van der Waals surface area contributed by atoms with Crippen LogP contribution in [0.5, 0.6) is 5.88 Å². The summed E-state index contributed by atoms with van der Waals surface area (Å²) in [5.41, 5.74) is 5.57. The lowest BCUT2D eigenvalue weighted by Gasteiger charge is -2.15. The number of hydrogen-bond acceptors (Lipinski definition) is 5. The van der Waals surface area contributed by atoms with E-state index in [1.807, 2.05) is 13.0 Å². The van der Waals surface area contributed by atoms with E-state index in [-0.39, 0.29) is 0 Å². The Balaban J connectivity index is 2.58. The lowest BCUT2D eigenvalue weighted by molar-refractivity contribution is 0.395. The number of anilines is 1. The van der Waals surface area contributed by atoms with E-state index in [1.54, 1.807) is 7.11 Å². The molecule has 1 aromatic rings. The number of nitrogens with two attached hydrogens (primary N) is 1. The van der Waals surface area contributed by atoms with Crippen molar-refractivity contribution in [1.82, 2.24) is 9.97 Å². The molecule has 0 bridgehead atoms. The van der Waals surface area contributed by atoms with Crippen LogP contribution in [0.2, 0.25) is 0 Å². The van der Waals surface area contributed by atoms with E-state index in [2.05, 4.69) is 22.2 Å². The quantitative estimate of drug-likeness (QED) is 0.754. The van der Waals surface area contributed by atoms with Crippen molar-refractivity contribution in [2.24, 2.45) is 11.7 Å². The molecule has 0 saturated carbocycles. The van der Waals surface area contributed by atoms with E-state index in [0.717, 1.165) is 31.7 Å². The second kappa shape index (κ2) is 7.06. The van der Waals surface area contributed by atoms with E-state index in [9.17, 15) is 0 Å². The molecule has 0 saturated heterocycles. The van der Waals surface area contributed by atoms with Crippen LogP contribution in [0.25, 0.3) is 0 Å². The normalized spacial score (nSPS) is 12.2. The predicted octanol–water partition coefficient (Wildman–Crippen LogP) is 1.58. The van der Waals surface area contributed by atoms with Gasteiger partial charge in [-0.15, -0.1) is 0 Å². The van der Waals surface area contributed by atoms with Gasteiger partial charge in [0, 0.05) is 12.6 Å². The minimum atomic E-state index is 0.585. The molecule has 1 heterocycles. The Morgan fingerprint density at radius 3 is 2.82 bits per heavy atom. The van der Waals surface area contributed by atoms with Crippen LogP contribution in [0.3, 0.4) is 0 Å². The van der Waals surface area contributed by atoms with Crippen LogP contribution < -0.4 is 15.8 Å². The van der Waals surface area contributed by atoms with Crippen LogP contribution in [-0.4, -0.2) is 30.2 Å². The average molecular weight is 238 g/mol. The van der Waals surface area contributed by atoms with Crippen LogP contribution in [-0.2, 0) is 0 Å². The average Bonchev–Trinajstić information content (AvgIpc) is 2.33. The highest BCUT2D eigenvalue weighted by molar-refractivity contribution is 5.38. The lowest BCUT2D eigenvalue weighted by Crippen LogP contribution is -2.18. The SMILES string of the molecule is CCC(CCN)CNc1cc(OC)nc(C)n1. The van der Waals surface area contributed by atoms with Crippen molar-refractivity contribution in [3.05, 3.63) is 11.9 Å². The summed E-state index contributed by atoms with van der Waals surface area (Å²) in [6, 6.07) is 1.81. The maximum atomic E-state index is 5.57. The molecule has 5 heteroatoms. The molecule has 0 aliphatic rings. The first-order valence-electron chi connectivity index (χ1n) is 6.03. The van der Waals surface area contributed by atoms with Crippen molar-refractivity contribution >= 4 is 5.82 Å². The Hall–Kier alpha value is -1.36. The zero-order chi connectivity index (χ0) is 12.7. The van der Waals surface area contributed by atoms with Gasteiger partial charge in [0.25, 0.3) is 0 Å². The molecule has 0 aliphatic carbocycles. The van der Waals surface area contributed by atoms with Crippen LogP contribution in [0, 0.1) is 12.8 Å². The van der Waals surface area contributed by atoms with Crippen molar-refractivity contribution in [1.29, 1.82) is 0 Å². The van der Waals surface area contributed by atoms with Gasteiger partial charge in [-0.25, -0.2) is 4.98 Å². The first kappa shape index (κ1) is 13.7. The maximum absolute atomic E-state index is 5.57. The van der Waals surface area contributed by atoms with E-state index in [1.165, 1.54) is 0 Å². The molecule has 5 nitrogen and oxygen atoms in total. The summed E-state index contributed by atoms with van der Waals surface area (Å²) in [6.45, 7) is 5.64. The lowest BCUT2D eigenvalue weighted by atomic mass is 10.0. The molecule has 17 heavy (non-hydrogen) atoms. The third-order valence-electron chi connectivity index (χ3n) is 2.75. The highest BCUT2D eigenvalue weighted by Gasteiger charge is 2.06. The standard InChI is InChI=1S/C12H22N4O/c1-4-10(5-6-13)8-14-11-7-12(17-3)16-9(2)15-11/h7,10H,4-6,8,13H2,1-3H3,(H,14,15,16). The third-order valence-corrected chi connectivity index (χ3v) is 2.75. The molecule has 0 radical (unpaired) electrons.